The van der Waals surface area contributed by atoms with Gasteiger partial charge in [-0.3, -0.25) is 4.79 Å². The van der Waals surface area contributed by atoms with Gasteiger partial charge in [0.25, 0.3) is 5.91 Å². The first-order valence-corrected chi connectivity index (χ1v) is 5.35. The van der Waals surface area contributed by atoms with Crippen LogP contribution in [0.2, 0.25) is 0 Å². The summed E-state index contributed by atoms with van der Waals surface area (Å²) in [7, 11) is 0. The minimum atomic E-state index is -0.0798. The fourth-order valence-electron chi connectivity index (χ4n) is 1.66. The zero-order chi connectivity index (χ0) is 10.7. The first-order chi connectivity index (χ1) is 7.29. The van der Waals surface area contributed by atoms with E-state index >= 15 is 0 Å². The van der Waals surface area contributed by atoms with Gasteiger partial charge in [-0.1, -0.05) is 19.4 Å². The molecule has 80 valence electrons. The molecule has 1 aliphatic rings. The van der Waals surface area contributed by atoms with Crippen molar-refractivity contribution in [3.05, 3.63) is 23.8 Å². The van der Waals surface area contributed by atoms with Crippen LogP contribution in [-0.2, 0) is 11.2 Å². The maximum atomic E-state index is 11.0. The van der Waals surface area contributed by atoms with Gasteiger partial charge in [-0.2, -0.15) is 0 Å². The molecule has 0 bridgehead atoms. The molecular weight excluding hydrogens is 190 g/mol. The summed E-state index contributed by atoms with van der Waals surface area (Å²) in [4.78, 5) is 11.0. The van der Waals surface area contributed by atoms with Crippen LogP contribution in [-0.4, -0.2) is 12.5 Å². The molecule has 1 N–H and O–H groups in total. The maximum Gasteiger partial charge on any atom is 0.262 e. The number of nitrogens with one attached hydrogen (secondary N) is 1. The number of ether oxygens (including phenoxy) is 1. The molecule has 2 rings (SSSR count). The first-order valence-electron chi connectivity index (χ1n) is 5.35. The Morgan fingerprint density at radius 3 is 3.13 bits per heavy atom. The van der Waals surface area contributed by atoms with Gasteiger partial charge in [0.1, 0.15) is 5.75 Å². The molecule has 0 radical (unpaired) electrons. The van der Waals surface area contributed by atoms with E-state index in [-0.39, 0.29) is 12.5 Å². The monoisotopic (exact) mass is 205 g/mol. The van der Waals surface area contributed by atoms with Crippen molar-refractivity contribution in [1.29, 1.82) is 0 Å². The predicted molar refractivity (Wildman–Crippen MR) is 59.2 cm³/mol. The number of aryl methyl sites for hydroxylation is 1. The molecule has 1 heterocycles. The molecule has 0 spiro atoms. The van der Waals surface area contributed by atoms with Crippen molar-refractivity contribution in [1.82, 2.24) is 0 Å². The molecule has 1 aliphatic heterocycles. The first kappa shape index (κ1) is 10.0. The van der Waals surface area contributed by atoms with E-state index in [9.17, 15) is 4.79 Å². The van der Waals surface area contributed by atoms with E-state index in [1.54, 1.807) is 0 Å². The van der Waals surface area contributed by atoms with Crippen LogP contribution in [0.3, 0.4) is 0 Å². The van der Waals surface area contributed by atoms with Crippen LogP contribution in [0.1, 0.15) is 25.3 Å². The third-order valence-electron chi connectivity index (χ3n) is 2.50. The number of carbonyl (C=O) groups excluding carboxylic acids is 1. The number of fused-ring (bicyclic) bond motifs is 1. The lowest BCUT2D eigenvalue weighted by Crippen LogP contribution is -2.25. The van der Waals surface area contributed by atoms with Crippen LogP contribution in [0.5, 0.6) is 5.75 Å². The molecule has 0 fully saturated rings. The van der Waals surface area contributed by atoms with Crippen molar-refractivity contribution in [3.63, 3.8) is 0 Å². The second-order valence-corrected chi connectivity index (χ2v) is 3.77. The van der Waals surface area contributed by atoms with Crippen molar-refractivity contribution in [2.75, 3.05) is 11.9 Å². The highest BCUT2D eigenvalue weighted by atomic mass is 16.5. The Morgan fingerprint density at radius 1 is 1.47 bits per heavy atom. The second-order valence-electron chi connectivity index (χ2n) is 3.77. The van der Waals surface area contributed by atoms with Gasteiger partial charge in [0.15, 0.2) is 6.61 Å². The summed E-state index contributed by atoms with van der Waals surface area (Å²) in [5, 5.41) is 2.78. The lowest BCUT2D eigenvalue weighted by molar-refractivity contribution is -0.118. The Morgan fingerprint density at radius 2 is 2.33 bits per heavy atom. The van der Waals surface area contributed by atoms with Crippen molar-refractivity contribution < 1.29 is 9.53 Å². The van der Waals surface area contributed by atoms with Gasteiger partial charge in [0, 0.05) is 0 Å². The van der Waals surface area contributed by atoms with E-state index in [2.05, 4.69) is 12.2 Å². The normalized spacial score (nSPS) is 14.1. The van der Waals surface area contributed by atoms with Crippen molar-refractivity contribution in [2.45, 2.75) is 26.2 Å². The highest BCUT2D eigenvalue weighted by Crippen LogP contribution is 2.28. The summed E-state index contributed by atoms with van der Waals surface area (Å²) in [5.74, 6) is 0.715. The number of rotatable bonds is 3. The molecule has 15 heavy (non-hydrogen) atoms. The molecule has 0 aromatic heterocycles. The van der Waals surface area contributed by atoms with Gasteiger partial charge in [0.2, 0.25) is 0 Å². The third-order valence-corrected chi connectivity index (χ3v) is 2.50. The minimum absolute atomic E-state index is 0.0798. The second kappa shape index (κ2) is 4.34. The summed E-state index contributed by atoms with van der Waals surface area (Å²) in [5.41, 5.74) is 2.05. The lowest BCUT2D eigenvalue weighted by atomic mass is 10.1. The van der Waals surface area contributed by atoms with E-state index in [1.807, 2.05) is 18.2 Å². The Hall–Kier alpha value is -1.51. The summed E-state index contributed by atoms with van der Waals surface area (Å²) in [6.07, 6.45) is 3.45. The molecule has 0 saturated carbocycles. The SMILES string of the molecule is CCCCc1ccc2c(c1)OCC(=O)N2. The van der Waals surface area contributed by atoms with Crippen LogP contribution in [0.4, 0.5) is 5.69 Å². The van der Waals surface area contributed by atoms with E-state index in [4.69, 9.17) is 4.74 Å². The number of benzene rings is 1. The number of hydrogen-bond donors (Lipinski definition) is 1. The quantitative estimate of drug-likeness (QED) is 0.822. The van der Waals surface area contributed by atoms with Gasteiger partial charge in [-0.25, -0.2) is 0 Å². The zero-order valence-electron chi connectivity index (χ0n) is 8.88. The van der Waals surface area contributed by atoms with Gasteiger partial charge >= 0.3 is 0 Å². The van der Waals surface area contributed by atoms with Gasteiger partial charge in [-0.15, -0.1) is 0 Å². The number of amides is 1. The number of hydrogen-bond acceptors (Lipinski definition) is 2. The Bertz CT molecular complexity index is 374. The van der Waals surface area contributed by atoms with Crippen LogP contribution >= 0.6 is 0 Å². The Balaban J connectivity index is 2.15. The highest BCUT2D eigenvalue weighted by Gasteiger charge is 2.15. The standard InChI is InChI=1S/C12H15NO2/c1-2-3-4-9-5-6-10-11(7-9)15-8-12(14)13-10/h5-7H,2-4,8H2,1H3,(H,13,14). The Labute approximate surface area is 89.4 Å². The van der Waals surface area contributed by atoms with E-state index < -0.39 is 0 Å². The van der Waals surface area contributed by atoms with Crippen molar-refractivity contribution in [3.8, 4) is 5.75 Å². The molecule has 0 aliphatic carbocycles. The minimum Gasteiger partial charge on any atom is -0.482 e. The fraction of sp³-hybridized carbons (Fsp3) is 0.417. The number of carbonyl (C=O) groups is 1. The van der Waals surface area contributed by atoms with Gasteiger partial charge in [-0.05, 0) is 30.5 Å². The third kappa shape index (κ3) is 2.29. The van der Waals surface area contributed by atoms with Gasteiger partial charge in [0.05, 0.1) is 5.69 Å². The molecule has 1 amide bonds. The van der Waals surface area contributed by atoms with Crippen molar-refractivity contribution in [2.24, 2.45) is 0 Å². The van der Waals surface area contributed by atoms with Gasteiger partial charge < -0.3 is 10.1 Å². The van der Waals surface area contributed by atoms with E-state index in [1.165, 1.54) is 18.4 Å². The summed E-state index contributed by atoms with van der Waals surface area (Å²) >= 11 is 0. The number of anilines is 1. The average Bonchev–Trinajstić information content (AvgIpc) is 2.26. The molecule has 0 atom stereocenters. The topological polar surface area (TPSA) is 38.3 Å². The molecule has 3 heteroatoms. The highest BCUT2D eigenvalue weighted by molar-refractivity contribution is 5.95. The van der Waals surface area contributed by atoms with Crippen LogP contribution < -0.4 is 10.1 Å². The maximum absolute atomic E-state index is 11.0. The molecule has 0 saturated heterocycles. The molecular formula is C12H15NO2. The van der Waals surface area contributed by atoms with Crippen LogP contribution in [0.15, 0.2) is 18.2 Å². The lowest BCUT2D eigenvalue weighted by Gasteiger charge is -2.18. The molecule has 3 nitrogen and oxygen atoms in total. The molecule has 1 aromatic rings. The van der Waals surface area contributed by atoms with E-state index in [0.29, 0.717) is 0 Å². The zero-order valence-corrected chi connectivity index (χ0v) is 8.88. The largest absolute Gasteiger partial charge is 0.482 e. The number of unbranched alkanes of at least 4 members (excludes halogenated alkanes) is 1. The molecule has 0 unspecified atom stereocenters. The van der Waals surface area contributed by atoms with Crippen molar-refractivity contribution >= 4 is 11.6 Å². The predicted octanol–water partition coefficient (Wildman–Crippen LogP) is 2.36. The smallest absolute Gasteiger partial charge is 0.262 e. The summed E-state index contributed by atoms with van der Waals surface area (Å²) < 4.78 is 5.34. The van der Waals surface area contributed by atoms with Crippen LogP contribution in [0.25, 0.3) is 0 Å². The fourth-order valence-corrected chi connectivity index (χ4v) is 1.66. The summed E-state index contributed by atoms with van der Waals surface area (Å²) in [6.45, 7) is 2.30. The average molecular weight is 205 g/mol. The summed E-state index contributed by atoms with van der Waals surface area (Å²) in [6, 6.07) is 5.98. The molecule has 1 aromatic carbocycles. The van der Waals surface area contributed by atoms with Crippen LogP contribution in [0, 0.1) is 0 Å². The Kier molecular flexibility index (Phi) is 2.90. The van der Waals surface area contributed by atoms with E-state index in [0.717, 1.165) is 17.9 Å².